The molecule has 5 nitrogen and oxygen atoms in total. The first kappa shape index (κ1) is 16.7. The van der Waals surface area contributed by atoms with Gasteiger partial charge < -0.3 is 15.5 Å². The highest BCUT2D eigenvalue weighted by Gasteiger charge is 2.13. The van der Waals surface area contributed by atoms with Crippen LogP contribution in [0.5, 0.6) is 0 Å². The van der Waals surface area contributed by atoms with E-state index in [0.717, 1.165) is 36.8 Å². The summed E-state index contributed by atoms with van der Waals surface area (Å²) >= 11 is 0. The highest BCUT2D eigenvalue weighted by atomic mass is 15.1. The molecule has 0 radical (unpaired) electrons. The van der Waals surface area contributed by atoms with E-state index < -0.39 is 0 Å². The van der Waals surface area contributed by atoms with Crippen molar-refractivity contribution in [3.8, 4) is 0 Å². The van der Waals surface area contributed by atoms with Crippen molar-refractivity contribution in [1.29, 1.82) is 0 Å². The maximum Gasteiger partial charge on any atom is 0.132 e. The Kier molecular flexibility index (Phi) is 6.71. The molecule has 0 saturated carbocycles. The van der Waals surface area contributed by atoms with Crippen LogP contribution in [0.2, 0.25) is 0 Å². The number of nitrogens with one attached hydrogen (secondary N) is 2. The van der Waals surface area contributed by atoms with Gasteiger partial charge in [-0.15, -0.1) is 0 Å². The summed E-state index contributed by atoms with van der Waals surface area (Å²) in [6.45, 7) is 7.57. The van der Waals surface area contributed by atoms with Crippen molar-refractivity contribution in [3.05, 3.63) is 11.9 Å². The van der Waals surface area contributed by atoms with E-state index in [9.17, 15) is 0 Å². The Morgan fingerprint density at radius 1 is 1.20 bits per heavy atom. The Morgan fingerprint density at radius 3 is 2.35 bits per heavy atom. The summed E-state index contributed by atoms with van der Waals surface area (Å²) in [5, 5.41) is 6.65. The lowest BCUT2D eigenvalue weighted by atomic mass is 10.0. The van der Waals surface area contributed by atoms with E-state index in [1.807, 2.05) is 13.1 Å². The monoisotopic (exact) mass is 279 g/mol. The summed E-state index contributed by atoms with van der Waals surface area (Å²) in [6, 6.07) is 2.37. The van der Waals surface area contributed by atoms with Crippen LogP contribution in [0.3, 0.4) is 0 Å². The second-order valence-electron chi connectivity index (χ2n) is 5.89. The molecular weight excluding hydrogens is 250 g/mol. The maximum absolute atomic E-state index is 4.57. The third kappa shape index (κ3) is 5.74. The third-order valence-electron chi connectivity index (χ3n) is 3.04. The first-order valence-corrected chi connectivity index (χ1v) is 7.41. The van der Waals surface area contributed by atoms with Crippen molar-refractivity contribution in [2.75, 3.05) is 38.3 Å². The number of hydrogen-bond acceptors (Lipinski definition) is 5. The van der Waals surface area contributed by atoms with E-state index in [2.05, 4.69) is 60.4 Å². The van der Waals surface area contributed by atoms with Gasteiger partial charge in [-0.2, -0.15) is 0 Å². The molecule has 114 valence electrons. The highest BCUT2D eigenvalue weighted by molar-refractivity contribution is 5.47. The molecule has 0 amide bonds. The zero-order chi connectivity index (χ0) is 15.1. The maximum atomic E-state index is 4.57. The molecule has 0 bridgehead atoms. The Hall–Kier alpha value is -1.36. The average molecular weight is 279 g/mol. The molecule has 2 N–H and O–H groups in total. The molecule has 0 aliphatic rings. The molecule has 0 aromatic carbocycles. The summed E-state index contributed by atoms with van der Waals surface area (Å²) in [5.74, 6) is 3.30. The molecule has 0 aliphatic heterocycles. The Labute approximate surface area is 123 Å². The molecule has 20 heavy (non-hydrogen) atoms. The van der Waals surface area contributed by atoms with Crippen LogP contribution in [-0.4, -0.2) is 48.6 Å². The number of aromatic nitrogens is 2. The summed E-state index contributed by atoms with van der Waals surface area (Å²) in [4.78, 5) is 11.2. The predicted molar refractivity (Wildman–Crippen MR) is 86.4 cm³/mol. The van der Waals surface area contributed by atoms with Gasteiger partial charge in [-0.25, -0.2) is 9.97 Å². The van der Waals surface area contributed by atoms with Gasteiger partial charge in [-0.3, -0.25) is 0 Å². The standard InChI is InChI=1S/C15H29N5/c1-7-13-18-14(16-4)9-15(19-13)17-12(8-11(2)3)10-20(5)6/h9,11-12H,7-8,10H2,1-6H3,(H2,16,17,18,19). The van der Waals surface area contributed by atoms with E-state index in [-0.39, 0.29) is 0 Å². The van der Waals surface area contributed by atoms with Crippen molar-refractivity contribution in [1.82, 2.24) is 14.9 Å². The molecule has 1 atom stereocenters. The molecule has 1 unspecified atom stereocenters. The number of hydrogen-bond donors (Lipinski definition) is 2. The SMILES string of the molecule is CCc1nc(NC)cc(NC(CC(C)C)CN(C)C)n1. The molecular formula is C15H29N5. The van der Waals surface area contributed by atoms with Crippen LogP contribution in [-0.2, 0) is 6.42 Å². The molecule has 1 rings (SSSR count). The summed E-state index contributed by atoms with van der Waals surface area (Å²) in [5.41, 5.74) is 0. The van der Waals surface area contributed by atoms with Crippen LogP contribution < -0.4 is 10.6 Å². The van der Waals surface area contributed by atoms with Gasteiger partial charge in [0, 0.05) is 32.1 Å². The lowest BCUT2D eigenvalue weighted by Gasteiger charge is -2.24. The molecule has 1 aromatic rings. The Bertz CT molecular complexity index is 371. The molecule has 0 aliphatic carbocycles. The van der Waals surface area contributed by atoms with Crippen molar-refractivity contribution in [2.24, 2.45) is 5.92 Å². The topological polar surface area (TPSA) is 53.1 Å². The fraction of sp³-hybridized carbons (Fsp3) is 0.733. The minimum atomic E-state index is 0.398. The van der Waals surface area contributed by atoms with Gasteiger partial charge >= 0.3 is 0 Å². The van der Waals surface area contributed by atoms with Crippen LogP contribution in [0.25, 0.3) is 0 Å². The van der Waals surface area contributed by atoms with E-state index in [1.54, 1.807) is 0 Å². The van der Waals surface area contributed by atoms with Gasteiger partial charge in [0.15, 0.2) is 0 Å². The highest BCUT2D eigenvalue weighted by Crippen LogP contribution is 2.15. The fourth-order valence-corrected chi connectivity index (χ4v) is 2.26. The predicted octanol–water partition coefficient (Wildman–Crippen LogP) is 2.47. The van der Waals surface area contributed by atoms with Gasteiger partial charge in [0.25, 0.3) is 0 Å². The van der Waals surface area contributed by atoms with Crippen molar-refractivity contribution in [2.45, 2.75) is 39.7 Å². The first-order chi connectivity index (χ1) is 9.44. The second-order valence-corrected chi connectivity index (χ2v) is 5.89. The first-order valence-electron chi connectivity index (χ1n) is 7.41. The smallest absolute Gasteiger partial charge is 0.132 e. The third-order valence-corrected chi connectivity index (χ3v) is 3.04. The van der Waals surface area contributed by atoms with Gasteiger partial charge in [0.2, 0.25) is 0 Å². The van der Waals surface area contributed by atoms with E-state index >= 15 is 0 Å². The van der Waals surface area contributed by atoms with Crippen LogP contribution in [0, 0.1) is 5.92 Å². The zero-order valence-electron chi connectivity index (χ0n) is 13.7. The van der Waals surface area contributed by atoms with E-state index in [1.165, 1.54) is 0 Å². The van der Waals surface area contributed by atoms with E-state index in [0.29, 0.717) is 12.0 Å². The fourth-order valence-electron chi connectivity index (χ4n) is 2.26. The number of rotatable bonds is 8. The van der Waals surface area contributed by atoms with Gasteiger partial charge in [0.05, 0.1) is 0 Å². The number of aryl methyl sites for hydroxylation is 1. The van der Waals surface area contributed by atoms with Crippen LogP contribution in [0.4, 0.5) is 11.6 Å². The van der Waals surface area contributed by atoms with Crippen LogP contribution in [0.1, 0.15) is 33.0 Å². The summed E-state index contributed by atoms with van der Waals surface area (Å²) < 4.78 is 0. The van der Waals surface area contributed by atoms with Crippen LogP contribution in [0.15, 0.2) is 6.07 Å². The summed E-state index contributed by atoms with van der Waals surface area (Å²) in [7, 11) is 6.09. The lowest BCUT2D eigenvalue weighted by molar-refractivity contribution is 0.356. The molecule has 1 aromatic heterocycles. The minimum Gasteiger partial charge on any atom is -0.373 e. The molecule has 0 spiro atoms. The largest absolute Gasteiger partial charge is 0.373 e. The Balaban J connectivity index is 2.85. The minimum absolute atomic E-state index is 0.398. The van der Waals surface area contributed by atoms with Crippen molar-refractivity contribution >= 4 is 11.6 Å². The number of anilines is 2. The average Bonchev–Trinajstić information content (AvgIpc) is 2.36. The number of likely N-dealkylation sites (N-methyl/N-ethyl adjacent to an activating group) is 1. The van der Waals surface area contributed by atoms with Gasteiger partial charge in [0.1, 0.15) is 17.5 Å². The van der Waals surface area contributed by atoms with Gasteiger partial charge in [-0.1, -0.05) is 20.8 Å². The molecule has 0 saturated heterocycles. The van der Waals surface area contributed by atoms with E-state index in [4.69, 9.17) is 0 Å². The number of nitrogens with zero attached hydrogens (tertiary/aromatic N) is 3. The van der Waals surface area contributed by atoms with Gasteiger partial charge in [-0.05, 0) is 26.4 Å². The van der Waals surface area contributed by atoms with Crippen molar-refractivity contribution < 1.29 is 0 Å². The lowest BCUT2D eigenvalue weighted by Crippen LogP contribution is -2.34. The molecule has 1 heterocycles. The zero-order valence-corrected chi connectivity index (χ0v) is 13.7. The normalized spacial score (nSPS) is 12.8. The second kappa shape index (κ2) is 8.04. The summed E-state index contributed by atoms with van der Waals surface area (Å²) in [6.07, 6.45) is 1.96. The molecule has 0 fully saturated rings. The Morgan fingerprint density at radius 2 is 1.85 bits per heavy atom. The quantitative estimate of drug-likeness (QED) is 0.765. The molecule has 5 heteroatoms. The van der Waals surface area contributed by atoms with Crippen LogP contribution >= 0.6 is 0 Å². The van der Waals surface area contributed by atoms with Crippen molar-refractivity contribution in [3.63, 3.8) is 0 Å².